The van der Waals surface area contributed by atoms with E-state index in [0.717, 1.165) is 11.1 Å². The number of methoxy groups -OCH3 is 1. The molecule has 8 N–H and O–H groups in total. The van der Waals surface area contributed by atoms with Crippen LogP contribution in [0, 0.1) is 12.3 Å². The predicted octanol–water partition coefficient (Wildman–Crippen LogP) is 2.35. The van der Waals surface area contributed by atoms with Gasteiger partial charge in [-0.1, -0.05) is 38.1 Å². The van der Waals surface area contributed by atoms with E-state index < -0.39 is 41.8 Å². The highest BCUT2D eigenvalue weighted by atomic mass is 16.5. The topological polar surface area (TPSA) is 201 Å². The third-order valence-electron chi connectivity index (χ3n) is 6.05. The fourth-order valence-corrected chi connectivity index (χ4v) is 3.66. The molecule has 0 aliphatic carbocycles. The molecule has 0 spiro atoms. The zero-order valence-corrected chi connectivity index (χ0v) is 23.6. The Bertz CT molecular complexity index is 1260. The SMILES string of the molecule is COc1cc(CCC(=O)NCC(C)(C)CNC(=O)NC(CC(N)=O)C(=O)O)ccc1NC(=O)Nc1ccccc1C. The lowest BCUT2D eigenvalue weighted by Gasteiger charge is -2.26. The van der Waals surface area contributed by atoms with E-state index in [1.165, 1.54) is 7.11 Å². The Hall–Kier alpha value is -4.81. The number of rotatable bonds is 14. The molecule has 0 aromatic heterocycles. The molecule has 6 amide bonds. The molecular formula is C28H38N6O7. The fourth-order valence-electron chi connectivity index (χ4n) is 3.66. The quantitative estimate of drug-likeness (QED) is 0.181. The monoisotopic (exact) mass is 570 g/mol. The summed E-state index contributed by atoms with van der Waals surface area (Å²) in [5.41, 5.74) is 7.40. The predicted molar refractivity (Wildman–Crippen MR) is 154 cm³/mol. The molecule has 0 heterocycles. The summed E-state index contributed by atoms with van der Waals surface area (Å²) in [7, 11) is 1.49. The summed E-state index contributed by atoms with van der Waals surface area (Å²) in [6.45, 7) is 5.91. The number of nitrogens with one attached hydrogen (secondary N) is 5. The van der Waals surface area contributed by atoms with Gasteiger partial charge in [0.05, 0.1) is 19.2 Å². The molecule has 0 fully saturated rings. The number of nitrogens with two attached hydrogens (primary N) is 1. The average molecular weight is 571 g/mol. The molecule has 0 saturated heterocycles. The van der Waals surface area contributed by atoms with E-state index >= 15 is 0 Å². The van der Waals surface area contributed by atoms with Crippen LogP contribution in [0.3, 0.4) is 0 Å². The number of para-hydroxylation sites is 1. The Kier molecular flexibility index (Phi) is 11.9. The Balaban J connectivity index is 1.81. The molecule has 0 radical (unpaired) electrons. The van der Waals surface area contributed by atoms with Crippen LogP contribution in [0.15, 0.2) is 42.5 Å². The van der Waals surface area contributed by atoms with Crippen molar-refractivity contribution in [3.8, 4) is 5.75 Å². The maximum absolute atomic E-state index is 12.5. The minimum absolute atomic E-state index is 0.130. The van der Waals surface area contributed by atoms with Gasteiger partial charge in [0.25, 0.3) is 0 Å². The molecule has 13 heteroatoms. The van der Waals surface area contributed by atoms with E-state index in [1.54, 1.807) is 24.3 Å². The van der Waals surface area contributed by atoms with Crippen molar-refractivity contribution in [3.63, 3.8) is 0 Å². The minimum atomic E-state index is -1.44. The third-order valence-corrected chi connectivity index (χ3v) is 6.05. The smallest absolute Gasteiger partial charge is 0.326 e. The first-order chi connectivity index (χ1) is 19.3. The summed E-state index contributed by atoms with van der Waals surface area (Å²) in [4.78, 5) is 59.1. The van der Waals surface area contributed by atoms with Gasteiger partial charge in [0.1, 0.15) is 11.8 Å². The van der Waals surface area contributed by atoms with Crippen LogP contribution in [0.5, 0.6) is 5.75 Å². The van der Waals surface area contributed by atoms with Gasteiger partial charge < -0.3 is 42.2 Å². The van der Waals surface area contributed by atoms with Crippen molar-refractivity contribution in [3.05, 3.63) is 53.6 Å². The summed E-state index contributed by atoms with van der Waals surface area (Å²) in [6.07, 6.45) is 0.0904. The number of carbonyl (C=O) groups excluding carboxylic acids is 4. The lowest BCUT2D eigenvalue weighted by molar-refractivity contribution is -0.140. The van der Waals surface area contributed by atoms with E-state index in [-0.39, 0.29) is 25.4 Å². The highest BCUT2D eigenvalue weighted by Gasteiger charge is 2.24. The number of anilines is 2. The minimum Gasteiger partial charge on any atom is -0.495 e. The van der Waals surface area contributed by atoms with E-state index in [1.807, 2.05) is 39.0 Å². The van der Waals surface area contributed by atoms with Crippen molar-refractivity contribution in [2.24, 2.45) is 11.1 Å². The van der Waals surface area contributed by atoms with Crippen LogP contribution in [-0.4, -0.2) is 61.2 Å². The molecule has 0 bridgehead atoms. The number of carboxylic acids is 1. The van der Waals surface area contributed by atoms with Crippen molar-refractivity contribution < 1.29 is 33.8 Å². The standard InChI is InChI=1S/C28H38N6O7/c1-17-7-5-6-8-19(17)32-27(40)33-20-11-9-18(13-22(20)41-4)10-12-24(36)30-15-28(2,3)16-31-26(39)34-21(25(37)38)14-23(29)35/h5-9,11,13,21H,10,12,14-16H2,1-4H3,(H2,29,35)(H,30,36)(H,37,38)(H2,31,34,39)(H2,32,33,40). The zero-order valence-electron chi connectivity index (χ0n) is 23.6. The van der Waals surface area contributed by atoms with Crippen LogP contribution in [0.2, 0.25) is 0 Å². The van der Waals surface area contributed by atoms with Gasteiger partial charge in [-0.25, -0.2) is 14.4 Å². The fraction of sp³-hybridized carbons (Fsp3) is 0.393. The number of ether oxygens (including phenoxy) is 1. The number of benzene rings is 2. The molecule has 41 heavy (non-hydrogen) atoms. The highest BCUT2D eigenvalue weighted by Crippen LogP contribution is 2.26. The van der Waals surface area contributed by atoms with E-state index in [4.69, 9.17) is 15.6 Å². The average Bonchev–Trinajstić information content (AvgIpc) is 2.91. The van der Waals surface area contributed by atoms with Crippen LogP contribution in [0.4, 0.5) is 21.0 Å². The molecule has 1 atom stereocenters. The summed E-state index contributed by atoms with van der Waals surface area (Å²) < 4.78 is 5.42. The van der Waals surface area contributed by atoms with Crippen molar-refractivity contribution >= 4 is 41.2 Å². The summed E-state index contributed by atoms with van der Waals surface area (Å²) in [6, 6.07) is 10.1. The molecule has 222 valence electrons. The Labute approximate surface area is 238 Å². The Morgan fingerprint density at radius 2 is 1.61 bits per heavy atom. The maximum Gasteiger partial charge on any atom is 0.326 e. The van der Waals surface area contributed by atoms with Gasteiger partial charge in [-0.05, 0) is 48.1 Å². The number of hydrogen-bond acceptors (Lipinski definition) is 6. The Morgan fingerprint density at radius 3 is 2.24 bits per heavy atom. The van der Waals surface area contributed by atoms with Gasteiger partial charge >= 0.3 is 18.0 Å². The largest absolute Gasteiger partial charge is 0.495 e. The molecule has 2 rings (SSSR count). The van der Waals surface area contributed by atoms with Crippen molar-refractivity contribution in [1.82, 2.24) is 16.0 Å². The lowest BCUT2D eigenvalue weighted by Crippen LogP contribution is -2.50. The van der Waals surface area contributed by atoms with E-state index in [0.29, 0.717) is 23.5 Å². The lowest BCUT2D eigenvalue weighted by atomic mass is 9.93. The zero-order chi connectivity index (χ0) is 30.6. The number of carbonyl (C=O) groups is 5. The van der Waals surface area contributed by atoms with Crippen LogP contribution in [0.1, 0.15) is 37.8 Å². The van der Waals surface area contributed by atoms with Crippen LogP contribution < -0.4 is 37.1 Å². The van der Waals surface area contributed by atoms with Gasteiger partial charge in [0, 0.05) is 25.2 Å². The van der Waals surface area contributed by atoms with Crippen molar-refractivity contribution in [1.29, 1.82) is 0 Å². The first-order valence-electron chi connectivity index (χ1n) is 12.9. The molecule has 2 aromatic rings. The van der Waals surface area contributed by atoms with Gasteiger partial charge in [-0.3, -0.25) is 9.59 Å². The van der Waals surface area contributed by atoms with Gasteiger partial charge in [0.15, 0.2) is 0 Å². The van der Waals surface area contributed by atoms with Crippen molar-refractivity contribution in [2.75, 3.05) is 30.8 Å². The molecular weight excluding hydrogens is 532 g/mol. The molecule has 0 saturated carbocycles. The normalized spacial score (nSPS) is 11.5. The van der Waals surface area contributed by atoms with E-state index in [9.17, 15) is 24.0 Å². The number of primary amides is 1. The van der Waals surface area contributed by atoms with Gasteiger partial charge in [-0.15, -0.1) is 0 Å². The first kappa shape index (κ1) is 32.4. The molecule has 1 unspecified atom stereocenters. The number of hydrogen-bond donors (Lipinski definition) is 7. The van der Waals surface area contributed by atoms with Crippen LogP contribution >= 0.6 is 0 Å². The number of carboxylic acid groups (broad SMARTS) is 1. The number of aryl methyl sites for hydroxylation is 2. The summed E-state index contributed by atoms with van der Waals surface area (Å²) >= 11 is 0. The number of aliphatic carboxylic acids is 1. The molecule has 0 aliphatic heterocycles. The van der Waals surface area contributed by atoms with Crippen LogP contribution in [-0.2, 0) is 20.8 Å². The second kappa shape index (κ2) is 15.1. The second-order valence-corrected chi connectivity index (χ2v) is 10.3. The number of urea groups is 2. The summed E-state index contributed by atoms with van der Waals surface area (Å²) in [5.74, 6) is -1.98. The maximum atomic E-state index is 12.5. The van der Waals surface area contributed by atoms with Crippen molar-refractivity contribution in [2.45, 2.75) is 46.1 Å². The molecule has 13 nitrogen and oxygen atoms in total. The second-order valence-electron chi connectivity index (χ2n) is 10.3. The van der Waals surface area contributed by atoms with Gasteiger partial charge in [0.2, 0.25) is 11.8 Å². The molecule has 0 aliphatic rings. The first-order valence-corrected chi connectivity index (χ1v) is 12.9. The summed E-state index contributed by atoms with van der Waals surface area (Å²) in [5, 5.41) is 22.2. The van der Waals surface area contributed by atoms with E-state index in [2.05, 4.69) is 26.6 Å². The highest BCUT2D eigenvalue weighted by molar-refractivity contribution is 6.01. The van der Waals surface area contributed by atoms with Gasteiger partial charge in [-0.2, -0.15) is 0 Å². The number of amides is 6. The molecule has 2 aromatic carbocycles. The Morgan fingerprint density at radius 1 is 0.951 bits per heavy atom. The third kappa shape index (κ3) is 11.4. The van der Waals surface area contributed by atoms with Crippen LogP contribution in [0.25, 0.3) is 0 Å².